The Kier molecular flexibility index (Phi) is 4.95. The second-order valence-electron chi connectivity index (χ2n) is 5.19. The highest BCUT2D eigenvalue weighted by atomic mass is 32.1. The summed E-state index contributed by atoms with van der Waals surface area (Å²) in [5, 5.41) is 10.8. The Morgan fingerprint density at radius 2 is 2.35 bits per heavy atom. The predicted octanol–water partition coefficient (Wildman–Crippen LogP) is 2.78. The van der Waals surface area contributed by atoms with Crippen LogP contribution in [0.15, 0.2) is 17.5 Å². The SMILES string of the molecule is Cc1ccsc1C=CC(=O)N1CCCC(CC(=O)O)C1. The van der Waals surface area contributed by atoms with Crippen LogP contribution in [0, 0.1) is 12.8 Å². The molecule has 108 valence electrons. The molecule has 1 aliphatic rings. The van der Waals surface area contributed by atoms with Crippen molar-refractivity contribution in [1.82, 2.24) is 4.90 Å². The predicted molar refractivity (Wildman–Crippen MR) is 79.6 cm³/mol. The highest BCUT2D eigenvalue weighted by molar-refractivity contribution is 7.11. The molecule has 1 fully saturated rings. The van der Waals surface area contributed by atoms with Gasteiger partial charge in [-0.25, -0.2) is 0 Å². The molecule has 1 atom stereocenters. The molecular formula is C15H19NO3S. The maximum absolute atomic E-state index is 12.1. The number of carboxylic acid groups (broad SMARTS) is 1. The van der Waals surface area contributed by atoms with E-state index in [0.717, 1.165) is 24.3 Å². The standard InChI is InChI=1S/C15H19NO3S/c1-11-6-8-20-13(11)4-5-14(17)16-7-2-3-12(10-16)9-15(18)19/h4-6,8,12H,2-3,7,9-10H2,1H3,(H,18,19). The Hall–Kier alpha value is -1.62. The second-order valence-corrected chi connectivity index (χ2v) is 6.14. The fourth-order valence-electron chi connectivity index (χ4n) is 2.49. The van der Waals surface area contributed by atoms with E-state index in [1.807, 2.05) is 24.4 Å². The van der Waals surface area contributed by atoms with Crippen LogP contribution in [0.25, 0.3) is 6.08 Å². The summed E-state index contributed by atoms with van der Waals surface area (Å²) in [5.41, 5.74) is 1.17. The van der Waals surface area contributed by atoms with Crippen LogP contribution in [0.4, 0.5) is 0 Å². The molecule has 0 radical (unpaired) electrons. The van der Waals surface area contributed by atoms with E-state index in [1.165, 1.54) is 5.56 Å². The second kappa shape index (κ2) is 6.70. The third kappa shape index (κ3) is 3.93. The summed E-state index contributed by atoms with van der Waals surface area (Å²) >= 11 is 1.61. The third-order valence-electron chi connectivity index (χ3n) is 3.57. The van der Waals surface area contributed by atoms with Gasteiger partial charge in [-0.3, -0.25) is 9.59 Å². The van der Waals surface area contributed by atoms with E-state index < -0.39 is 5.97 Å². The van der Waals surface area contributed by atoms with E-state index in [-0.39, 0.29) is 18.2 Å². The van der Waals surface area contributed by atoms with Crippen molar-refractivity contribution in [3.8, 4) is 0 Å². The lowest BCUT2D eigenvalue weighted by atomic mass is 9.95. The van der Waals surface area contributed by atoms with Gasteiger partial charge in [0.1, 0.15) is 0 Å². The maximum Gasteiger partial charge on any atom is 0.303 e. The van der Waals surface area contributed by atoms with Crippen LogP contribution >= 0.6 is 11.3 Å². The molecule has 0 aliphatic carbocycles. The smallest absolute Gasteiger partial charge is 0.303 e. The first-order valence-corrected chi connectivity index (χ1v) is 7.67. The van der Waals surface area contributed by atoms with Gasteiger partial charge in [0.2, 0.25) is 5.91 Å². The van der Waals surface area contributed by atoms with E-state index >= 15 is 0 Å². The largest absolute Gasteiger partial charge is 0.481 e. The van der Waals surface area contributed by atoms with Crippen molar-refractivity contribution in [3.63, 3.8) is 0 Å². The average Bonchev–Trinajstić information content (AvgIpc) is 2.81. The molecule has 1 aliphatic heterocycles. The van der Waals surface area contributed by atoms with Crippen molar-refractivity contribution < 1.29 is 14.7 Å². The molecule has 1 aromatic rings. The van der Waals surface area contributed by atoms with Crippen molar-refractivity contribution in [2.45, 2.75) is 26.2 Å². The fraction of sp³-hybridized carbons (Fsp3) is 0.467. The van der Waals surface area contributed by atoms with E-state index in [0.29, 0.717) is 6.54 Å². The molecule has 4 nitrogen and oxygen atoms in total. The minimum Gasteiger partial charge on any atom is -0.481 e. The summed E-state index contributed by atoms with van der Waals surface area (Å²) in [4.78, 5) is 25.7. The highest BCUT2D eigenvalue weighted by Crippen LogP contribution is 2.21. The number of aliphatic carboxylic acids is 1. The Balaban J connectivity index is 1.93. The van der Waals surface area contributed by atoms with E-state index in [2.05, 4.69) is 0 Å². The summed E-state index contributed by atoms with van der Waals surface area (Å²) in [6, 6.07) is 2.03. The van der Waals surface area contributed by atoms with Gasteiger partial charge >= 0.3 is 5.97 Å². The molecule has 2 heterocycles. The number of nitrogens with zero attached hydrogens (tertiary/aromatic N) is 1. The number of carbonyl (C=O) groups excluding carboxylic acids is 1. The molecule has 1 N–H and O–H groups in total. The van der Waals surface area contributed by atoms with Crippen LogP contribution in [-0.2, 0) is 9.59 Å². The number of aryl methyl sites for hydroxylation is 1. The summed E-state index contributed by atoms with van der Waals surface area (Å²) in [6.07, 6.45) is 5.38. The number of thiophene rings is 1. The first kappa shape index (κ1) is 14.8. The number of amides is 1. The summed E-state index contributed by atoms with van der Waals surface area (Å²) in [7, 11) is 0. The van der Waals surface area contributed by atoms with Crippen molar-refractivity contribution in [2.24, 2.45) is 5.92 Å². The van der Waals surface area contributed by atoms with Gasteiger partial charge in [-0.15, -0.1) is 11.3 Å². The van der Waals surface area contributed by atoms with Crippen LogP contribution in [0.1, 0.15) is 29.7 Å². The normalized spacial score (nSPS) is 19.4. The lowest BCUT2D eigenvalue weighted by Crippen LogP contribution is -2.39. The zero-order chi connectivity index (χ0) is 14.5. The Bertz CT molecular complexity index is 521. The van der Waals surface area contributed by atoms with E-state index in [1.54, 1.807) is 22.3 Å². The molecule has 20 heavy (non-hydrogen) atoms. The van der Waals surface area contributed by atoms with Crippen molar-refractivity contribution in [3.05, 3.63) is 28.0 Å². The molecule has 0 aromatic carbocycles. The molecule has 0 bridgehead atoms. The quantitative estimate of drug-likeness (QED) is 0.868. The van der Waals surface area contributed by atoms with Gasteiger partial charge in [-0.05, 0) is 48.8 Å². The topological polar surface area (TPSA) is 57.6 Å². The Labute approximate surface area is 122 Å². The van der Waals surface area contributed by atoms with Crippen molar-refractivity contribution in [2.75, 3.05) is 13.1 Å². The van der Waals surface area contributed by atoms with Crippen LogP contribution < -0.4 is 0 Å². The lowest BCUT2D eigenvalue weighted by molar-refractivity contribution is -0.139. The van der Waals surface area contributed by atoms with Gasteiger partial charge in [-0.2, -0.15) is 0 Å². The first-order chi connectivity index (χ1) is 9.56. The summed E-state index contributed by atoms with van der Waals surface area (Å²) < 4.78 is 0. The van der Waals surface area contributed by atoms with Gasteiger partial charge < -0.3 is 10.0 Å². The molecule has 0 spiro atoms. The molecule has 0 saturated carbocycles. The van der Waals surface area contributed by atoms with Crippen molar-refractivity contribution >= 4 is 29.3 Å². The zero-order valence-electron chi connectivity index (χ0n) is 11.5. The number of piperidine rings is 1. The van der Waals surface area contributed by atoms with Crippen LogP contribution in [0.2, 0.25) is 0 Å². The highest BCUT2D eigenvalue weighted by Gasteiger charge is 2.24. The molecule has 1 aromatic heterocycles. The van der Waals surface area contributed by atoms with Crippen LogP contribution in [0.5, 0.6) is 0 Å². The van der Waals surface area contributed by atoms with Gasteiger partial charge in [0.05, 0.1) is 0 Å². The minimum absolute atomic E-state index is 0.0205. The molecule has 1 saturated heterocycles. The zero-order valence-corrected chi connectivity index (χ0v) is 12.4. The van der Waals surface area contributed by atoms with Crippen LogP contribution in [0.3, 0.4) is 0 Å². The number of hydrogen-bond acceptors (Lipinski definition) is 3. The number of hydrogen-bond donors (Lipinski definition) is 1. The third-order valence-corrected chi connectivity index (χ3v) is 4.56. The van der Waals surface area contributed by atoms with Gasteiger partial charge in [0, 0.05) is 30.5 Å². The molecule has 1 amide bonds. The lowest BCUT2D eigenvalue weighted by Gasteiger charge is -2.31. The monoisotopic (exact) mass is 293 g/mol. The van der Waals surface area contributed by atoms with Crippen LogP contribution in [-0.4, -0.2) is 35.0 Å². The van der Waals surface area contributed by atoms with Gasteiger partial charge in [-0.1, -0.05) is 0 Å². The summed E-state index contributed by atoms with van der Waals surface area (Å²) in [5.74, 6) is -0.719. The summed E-state index contributed by atoms with van der Waals surface area (Å²) in [6.45, 7) is 3.30. The number of rotatable bonds is 4. The van der Waals surface area contributed by atoms with Crippen molar-refractivity contribution in [1.29, 1.82) is 0 Å². The maximum atomic E-state index is 12.1. The molecule has 5 heteroatoms. The molecule has 1 unspecified atom stereocenters. The van der Waals surface area contributed by atoms with E-state index in [9.17, 15) is 9.59 Å². The number of likely N-dealkylation sites (tertiary alicyclic amines) is 1. The molecular weight excluding hydrogens is 274 g/mol. The first-order valence-electron chi connectivity index (χ1n) is 6.79. The Morgan fingerprint density at radius 1 is 1.55 bits per heavy atom. The number of carboxylic acids is 1. The fourth-order valence-corrected chi connectivity index (χ4v) is 3.31. The van der Waals surface area contributed by atoms with Gasteiger partial charge in [0.15, 0.2) is 0 Å². The number of carbonyl (C=O) groups is 2. The molecule has 2 rings (SSSR count). The minimum atomic E-state index is -0.783. The van der Waals surface area contributed by atoms with E-state index in [4.69, 9.17) is 5.11 Å². The Morgan fingerprint density at radius 3 is 3.00 bits per heavy atom. The van der Waals surface area contributed by atoms with Gasteiger partial charge in [0.25, 0.3) is 0 Å². The average molecular weight is 293 g/mol.